The van der Waals surface area contributed by atoms with Crippen LogP contribution in [0.4, 0.5) is 11.4 Å². The number of carbonyl (C=O) groups is 1. The number of anilines is 2. The Balaban J connectivity index is 1.82. The number of rotatable bonds is 3. The molecule has 0 fully saturated rings. The van der Waals surface area contributed by atoms with Gasteiger partial charge in [0.2, 0.25) is 0 Å². The highest BCUT2D eigenvalue weighted by Crippen LogP contribution is 2.33. The van der Waals surface area contributed by atoms with Crippen LogP contribution in [0.15, 0.2) is 60.3 Å². The third-order valence-corrected chi connectivity index (χ3v) is 4.07. The van der Waals surface area contributed by atoms with Gasteiger partial charge in [0, 0.05) is 23.2 Å². The molecule has 0 unspecified atom stereocenters. The molecule has 0 radical (unpaired) electrons. The molecule has 0 spiro atoms. The lowest BCUT2D eigenvalue weighted by Crippen LogP contribution is -2.17. The number of nitrogen functional groups attached to an aromatic ring is 1. The van der Waals surface area contributed by atoms with Crippen LogP contribution in [0.3, 0.4) is 0 Å². The maximum Gasteiger partial charge on any atom is 0.158 e. The van der Waals surface area contributed by atoms with Crippen LogP contribution in [-0.2, 0) is 4.79 Å². The van der Waals surface area contributed by atoms with Gasteiger partial charge in [0.25, 0.3) is 0 Å². The van der Waals surface area contributed by atoms with Crippen LogP contribution in [0, 0.1) is 0 Å². The van der Waals surface area contributed by atoms with Crippen molar-refractivity contribution in [2.45, 2.75) is 18.8 Å². The van der Waals surface area contributed by atoms with Crippen molar-refractivity contribution < 1.29 is 4.79 Å². The van der Waals surface area contributed by atoms with Crippen molar-refractivity contribution in [2.24, 2.45) is 0 Å². The SMILES string of the molecule is Nc1ccc(Cl)cc1NC1=CC(=O)C[C@H](c2ccccc2)C1. The first-order valence-corrected chi connectivity index (χ1v) is 7.60. The van der Waals surface area contributed by atoms with Gasteiger partial charge in [-0.15, -0.1) is 0 Å². The molecule has 0 bridgehead atoms. The van der Waals surface area contributed by atoms with Gasteiger partial charge in [0.15, 0.2) is 5.78 Å². The van der Waals surface area contributed by atoms with E-state index in [1.54, 1.807) is 24.3 Å². The van der Waals surface area contributed by atoms with E-state index in [1.165, 1.54) is 5.56 Å². The van der Waals surface area contributed by atoms with Gasteiger partial charge in [-0.2, -0.15) is 0 Å². The summed E-state index contributed by atoms with van der Waals surface area (Å²) in [6, 6.07) is 15.4. The highest BCUT2D eigenvalue weighted by Gasteiger charge is 2.22. The minimum absolute atomic E-state index is 0.128. The van der Waals surface area contributed by atoms with Crippen molar-refractivity contribution in [1.82, 2.24) is 0 Å². The summed E-state index contributed by atoms with van der Waals surface area (Å²) in [5.41, 5.74) is 9.36. The monoisotopic (exact) mass is 312 g/mol. The number of ketones is 1. The lowest BCUT2D eigenvalue weighted by Gasteiger charge is -2.24. The average molecular weight is 313 g/mol. The number of halogens is 1. The minimum atomic E-state index is 0.128. The minimum Gasteiger partial charge on any atom is -0.397 e. The molecule has 3 rings (SSSR count). The molecule has 0 aliphatic heterocycles. The van der Waals surface area contributed by atoms with Crippen LogP contribution < -0.4 is 11.1 Å². The average Bonchev–Trinajstić information content (AvgIpc) is 2.51. The Labute approximate surface area is 134 Å². The van der Waals surface area contributed by atoms with Gasteiger partial charge in [-0.1, -0.05) is 41.9 Å². The van der Waals surface area contributed by atoms with E-state index < -0.39 is 0 Å². The fourth-order valence-corrected chi connectivity index (χ4v) is 2.92. The van der Waals surface area contributed by atoms with Crippen molar-refractivity contribution in [3.8, 4) is 0 Å². The van der Waals surface area contributed by atoms with Gasteiger partial charge >= 0.3 is 0 Å². The summed E-state index contributed by atoms with van der Waals surface area (Å²) in [6.45, 7) is 0. The zero-order chi connectivity index (χ0) is 15.5. The lowest BCUT2D eigenvalue weighted by atomic mass is 9.85. The van der Waals surface area contributed by atoms with Crippen molar-refractivity contribution >= 4 is 28.8 Å². The fourth-order valence-electron chi connectivity index (χ4n) is 2.75. The number of carbonyl (C=O) groups excluding carboxylic acids is 1. The summed E-state index contributed by atoms with van der Waals surface area (Å²) in [4.78, 5) is 12.0. The van der Waals surface area contributed by atoms with Gasteiger partial charge in [-0.3, -0.25) is 4.79 Å². The summed E-state index contributed by atoms with van der Waals surface area (Å²) < 4.78 is 0. The third kappa shape index (κ3) is 3.31. The molecule has 3 N–H and O–H groups in total. The van der Waals surface area contributed by atoms with Gasteiger partial charge < -0.3 is 11.1 Å². The maximum absolute atomic E-state index is 12.0. The van der Waals surface area contributed by atoms with Crippen molar-refractivity contribution in [3.63, 3.8) is 0 Å². The molecule has 0 heterocycles. The first kappa shape index (κ1) is 14.7. The van der Waals surface area contributed by atoms with E-state index in [0.717, 1.165) is 17.8 Å². The van der Waals surface area contributed by atoms with E-state index in [4.69, 9.17) is 17.3 Å². The molecule has 112 valence electrons. The zero-order valence-corrected chi connectivity index (χ0v) is 12.8. The molecule has 0 amide bonds. The van der Waals surface area contributed by atoms with E-state index in [2.05, 4.69) is 17.4 Å². The van der Waals surface area contributed by atoms with E-state index in [1.807, 2.05) is 18.2 Å². The molecule has 2 aromatic rings. The largest absolute Gasteiger partial charge is 0.397 e. The molecular weight excluding hydrogens is 296 g/mol. The third-order valence-electron chi connectivity index (χ3n) is 3.83. The second kappa shape index (κ2) is 6.24. The van der Waals surface area contributed by atoms with Gasteiger partial charge in [0.1, 0.15) is 0 Å². The van der Waals surface area contributed by atoms with Crippen LogP contribution in [-0.4, -0.2) is 5.78 Å². The molecule has 0 aromatic heterocycles. The topological polar surface area (TPSA) is 55.1 Å². The number of hydrogen-bond donors (Lipinski definition) is 2. The lowest BCUT2D eigenvalue weighted by molar-refractivity contribution is -0.115. The number of hydrogen-bond acceptors (Lipinski definition) is 3. The van der Waals surface area contributed by atoms with Crippen molar-refractivity contribution in [1.29, 1.82) is 0 Å². The Hall–Kier alpha value is -2.26. The Kier molecular flexibility index (Phi) is 4.16. The molecule has 1 atom stereocenters. The number of benzene rings is 2. The quantitative estimate of drug-likeness (QED) is 0.828. The highest BCUT2D eigenvalue weighted by atomic mass is 35.5. The Morgan fingerprint density at radius 1 is 1.09 bits per heavy atom. The maximum atomic E-state index is 12.0. The molecule has 22 heavy (non-hydrogen) atoms. The normalized spacial score (nSPS) is 18.0. The first-order valence-electron chi connectivity index (χ1n) is 7.22. The summed E-state index contributed by atoms with van der Waals surface area (Å²) in [5, 5.41) is 3.86. The van der Waals surface area contributed by atoms with Gasteiger partial charge in [0.05, 0.1) is 11.4 Å². The van der Waals surface area contributed by atoms with Crippen LogP contribution in [0.5, 0.6) is 0 Å². The van der Waals surface area contributed by atoms with Crippen molar-refractivity contribution in [3.05, 3.63) is 70.9 Å². The molecular formula is C18H17ClN2O. The van der Waals surface area contributed by atoms with E-state index in [-0.39, 0.29) is 11.7 Å². The summed E-state index contributed by atoms with van der Waals surface area (Å²) >= 11 is 6.01. The van der Waals surface area contributed by atoms with Crippen LogP contribution in [0.25, 0.3) is 0 Å². The summed E-state index contributed by atoms with van der Waals surface area (Å²) in [7, 11) is 0. The number of nitrogens with one attached hydrogen (secondary N) is 1. The zero-order valence-electron chi connectivity index (χ0n) is 12.1. The van der Waals surface area contributed by atoms with Crippen molar-refractivity contribution in [2.75, 3.05) is 11.1 Å². The summed E-state index contributed by atoms with van der Waals surface area (Å²) in [6.07, 6.45) is 2.99. The smallest absolute Gasteiger partial charge is 0.158 e. The Morgan fingerprint density at radius 3 is 2.64 bits per heavy atom. The molecule has 1 aliphatic rings. The fraction of sp³-hybridized carbons (Fsp3) is 0.167. The standard InChI is InChI=1S/C18H17ClN2O/c19-14-6-7-17(20)18(10-14)21-15-8-13(9-16(22)11-15)12-4-2-1-3-5-12/h1-7,10-11,13,21H,8-9,20H2/t13-/m1/s1. The second-order valence-electron chi connectivity index (χ2n) is 5.51. The van der Waals surface area contributed by atoms with Gasteiger partial charge in [-0.25, -0.2) is 0 Å². The second-order valence-corrected chi connectivity index (χ2v) is 5.94. The molecule has 2 aromatic carbocycles. The predicted molar refractivity (Wildman–Crippen MR) is 91.0 cm³/mol. The summed E-state index contributed by atoms with van der Waals surface area (Å²) in [5.74, 6) is 0.324. The molecule has 0 saturated heterocycles. The molecule has 4 heteroatoms. The van der Waals surface area contributed by atoms with E-state index in [9.17, 15) is 4.79 Å². The van der Waals surface area contributed by atoms with E-state index >= 15 is 0 Å². The first-order chi connectivity index (χ1) is 10.6. The molecule has 3 nitrogen and oxygen atoms in total. The highest BCUT2D eigenvalue weighted by molar-refractivity contribution is 6.31. The Bertz CT molecular complexity index is 725. The molecule has 0 saturated carbocycles. The predicted octanol–water partition coefficient (Wildman–Crippen LogP) is 4.36. The Morgan fingerprint density at radius 2 is 1.86 bits per heavy atom. The molecule has 1 aliphatic carbocycles. The van der Waals surface area contributed by atoms with Crippen LogP contribution in [0.1, 0.15) is 24.3 Å². The van der Waals surface area contributed by atoms with Crippen LogP contribution >= 0.6 is 11.6 Å². The van der Waals surface area contributed by atoms with E-state index in [0.29, 0.717) is 17.1 Å². The number of nitrogens with two attached hydrogens (primary N) is 1. The van der Waals surface area contributed by atoms with Crippen LogP contribution in [0.2, 0.25) is 5.02 Å². The van der Waals surface area contributed by atoms with Gasteiger partial charge in [-0.05, 0) is 36.1 Å². The number of allylic oxidation sites excluding steroid dienone is 2.